The summed E-state index contributed by atoms with van der Waals surface area (Å²) in [6.45, 7) is 8.10. The SMILES string of the molecule is CCOc1ccccc1NC(=O)c1ccc(CN2CCC[C@H](C)C2)cc1. The number of piperidine rings is 1. The van der Waals surface area contributed by atoms with Crippen molar-refractivity contribution >= 4 is 11.6 Å². The van der Waals surface area contributed by atoms with Gasteiger partial charge in [0, 0.05) is 18.7 Å². The zero-order valence-electron chi connectivity index (χ0n) is 15.7. The number of hydrogen-bond donors (Lipinski definition) is 1. The fourth-order valence-electron chi connectivity index (χ4n) is 3.50. The van der Waals surface area contributed by atoms with E-state index in [0.717, 1.165) is 19.0 Å². The van der Waals surface area contributed by atoms with Crippen molar-refractivity contribution in [2.75, 3.05) is 25.0 Å². The summed E-state index contributed by atoms with van der Waals surface area (Å²) in [6.07, 6.45) is 2.61. The molecule has 2 aromatic carbocycles. The van der Waals surface area contributed by atoms with Crippen LogP contribution in [0.5, 0.6) is 5.75 Å². The number of hydrogen-bond acceptors (Lipinski definition) is 3. The molecule has 1 aliphatic heterocycles. The number of amides is 1. The monoisotopic (exact) mass is 352 g/mol. The number of nitrogens with zero attached hydrogens (tertiary/aromatic N) is 1. The molecule has 1 fully saturated rings. The number of rotatable bonds is 6. The van der Waals surface area contributed by atoms with E-state index in [9.17, 15) is 4.79 Å². The number of para-hydroxylation sites is 2. The third kappa shape index (κ3) is 4.85. The molecule has 0 aliphatic carbocycles. The Kier molecular flexibility index (Phi) is 6.29. The summed E-state index contributed by atoms with van der Waals surface area (Å²) in [5, 5.41) is 2.94. The fraction of sp³-hybridized carbons (Fsp3) is 0.409. The number of carbonyl (C=O) groups is 1. The van der Waals surface area contributed by atoms with Crippen LogP contribution in [0.2, 0.25) is 0 Å². The Morgan fingerprint density at radius 2 is 1.96 bits per heavy atom. The van der Waals surface area contributed by atoms with Gasteiger partial charge >= 0.3 is 0 Å². The Hall–Kier alpha value is -2.33. The highest BCUT2D eigenvalue weighted by Crippen LogP contribution is 2.24. The number of anilines is 1. The highest BCUT2D eigenvalue weighted by atomic mass is 16.5. The molecule has 0 saturated carbocycles. The lowest BCUT2D eigenvalue weighted by Gasteiger charge is -2.30. The van der Waals surface area contributed by atoms with Crippen LogP contribution in [0.15, 0.2) is 48.5 Å². The Morgan fingerprint density at radius 1 is 1.19 bits per heavy atom. The highest BCUT2D eigenvalue weighted by Gasteiger charge is 2.16. The van der Waals surface area contributed by atoms with Crippen LogP contribution in [-0.4, -0.2) is 30.5 Å². The van der Waals surface area contributed by atoms with E-state index in [1.165, 1.54) is 24.9 Å². The molecule has 0 aromatic heterocycles. The second kappa shape index (κ2) is 8.86. The second-order valence-electron chi connectivity index (χ2n) is 7.06. The summed E-state index contributed by atoms with van der Waals surface area (Å²) in [7, 11) is 0. The molecule has 0 radical (unpaired) electrons. The molecule has 0 bridgehead atoms. The summed E-state index contributed by atoms with van der Waals surface area (Å²) >= 11 is 0. The Balaban J connectivity index is 1.62. The first-order valence-electron chi connectivity index (χ1n) is 9.50. The first-order valence-corrected chi connectivity index (χ1v) is 9.50. The number of carbonyl (C=O) groups excluding carboxylic acids is 1. The smallest absolute Gasteiger partial charge is 0.255 e. The van der Waals surface area contributed by atoms with Gasteiger partial charge in [-0.2, -0.15) is 0 Å². The summed E-state index contributed by atoms with van der Waals surface area (Å²) < 4.78 is 5.57. The van der Waals surface area contributed by atoms with E-state index in [-0.39, 0.29) is 5.91 Å². The molecule has 1 amide bonds. The van der Waals surface area contributed by atoms with E-state index in [1.807, 2.05) is 43.3 Å². The molecule has 4 heteroatoms. The molecule has 0 spiro atoms. The largest absolute Gasteiger partial charge is 0.492 e. The molecule has 26 heavy (non-hydrogen) atoms. The summed E-state index contributed by atoms with van der Waals surface area (Å²) in [6, 6.07) is 15.4. The van der Waals surface area contributed by atoms with E-state index in [0.29, 0.717) is 23.6 Å². The standard InChI is InChI=1S/C22H28N2O2/c1-3-26-21-9-5-4-8-20(21)23-22(25)19-12-10-18(11-13-19)16-24-14-6-7-17(2)15-24/h4-5,8-13,17H,3,6-7,14-16H2,1-2H3,(H,23,25)/t17-/m0/s1. The third-order valence-electron chi connectivity index (χ3n) is 4.80. The maximum Gasteiger partial charge on any atom is 0.255 e. The number of likely N-dealkylation sites (tertiary alicyclic amines) is 1. The molecule has 138 valence electrons. The predicted molar refractivity (Wildman–Crippen MR) is 106 cm³/mol. The topological polar surface area (TPSA) is 41.6 Å². The lowest BCUT2D eigenvalue weighted by molar-refractivity contribution is 0.102. The van der Waals surface area contributed by atoms with Crippen molar-refractivity contribution in [3.63, 3.8) is 0 Å². The Morgan fingerprint density at radius 3 is 2.69 bits per heavy atom. The minimum absolute atomic E-state index is 0.115. The fourth-order valence-corrected chi connectivity index (χ4v) is 3.50. The molecule has 4 nitrogen and oxygen atoms in total. The van der Waals surface area contributed by atoms with Crippen molar-refractivity contribution in [2.24, 2.45) is 5.92 Å². The van der Waals surface area contributed by atoms with Gasteiger partial charge in [0.15, 0.2) is 0 Å². The number of benzene rings is 2. The van der Waals surface area contributed by atoms with Crippen molar-refractivity contribution < 1.29 is 9.53 Å². The van der Waals surface area contributed by atoms with Gasteiger partial charge in [0.2, 0.25) is 0 Å². The average Bonchev–Trinajstić information content (AvgIpc) is 2.64. The molecule has 3 rings (SSSR count). The van der Waals surface area contributed by atoms with Gasteiger partial charge in [0.25, 0.3) is 5.91 Å². The second-order valence-corrected chi connectivity index (χ2v) is 7.06. The first-order chi connectivity index (χ1) is 12.7. The lowest BCUT2D eigenvalue weighted by atomic mass is 9.99. The average molecular weight is 352 g/mol. The van der Waals surface area contributed by atoms with Crippen molar-refractivity contribution in [3.05, 3.63) is 59.7 Å². The molecular weight excluding hydrogens is 324 g/mol. The maximum absolute atomic E-state index is 12.5. The minimum atomic E-state index is -0.115. The lowest BCUT2D eigenvalue weighted by Crippen LogP contribution is -2.33. The van der Waals surface area contributed by atoms with Crippen LogP contribution in [0.1, 0.15) is 42.6 Å². The molecule has 0 unspecified atom stereocenters. The summed E-state index contributed by atoms with van der Waals surface area (Å²) in [5.74, 6) is 1.36. The molecule has 1 saturated heterocycles. The van der Waals surface area contributed by atoms with Gasteiger partial charge in [-0.3, -0.25) is 9.69 Å². The van der Waals surface area contributed by atoms with Crippen LogP contribution in [-0.2, 0) is 6.54 Å². The van der Waals surface area contributed by atoms with Gasteiger partial charge in [-0.1, -0.05) is 31.2 Å². The zero-order chi connectivity index (χ0) is 18.4. The van der Waals surface area contributed by atoms with Crippen LogP contribution < -0.4 is 10.1 Å². The van der Waals surface area contributed by atoms with E-state index >= 15 is 0 Å². The van der Waals surface area contributed by atoms with Gasteiger partial charge < -0.3 is 10.1 Å². The Labute approximate surface area is 156 Å². The third-order valence-corrected chi connectivity index (χ3v) is 4.80. The van der Waals surface area contributed by atoms with Crippen molar-refractivity contribution in [1.29, 1.82) is 0 Å². The first kappa shape index (κ1) is 18.5. The summed E-state index contributed by atoms with van der Waals surface area (Å²) in [5.41, 5.74) is 2.61. The normalized spacial score (nSPS) is 17.7. The maximum atomic E-state index is 12.5. The molecular formula is C22H28N2O2. The van der Waals surface area contributed by atoms with Crippen molar-refractivity contribution in [2.45, 2.75) is 33.2 Å². The van der Waals surface area contributed by atoms with Crippen LogP contribution in [0.4, 0.5) is 5.69 Å². The van der Waals surface area contributed by atoms with E-state index in [2.05, 4.69) is 29.3 Å². The summed E-state index contributed by atoms with van der Waals surface area (Å²) in [4.78, 5) is 15.0. The van der Waals surface area contributed by atoms with Crippen molar-refractivity contribution in [1.82, 2.24) is 4.90 Å². The molecule has 1 aliphatic rings. The van der Waals surface area contributed by atoms with Crippen LogP contribution >= 0.6 is 0 Å². The van der Waals surface area contributed by atoms with Gasteiger partial charge in [-0.25, -0.2) is 0 Å². The predicted octanol–water partition coefficient (Wildman–Crippen LogP) is 4.57. The minimum Gasteiger partial charge on any atom is -0.492 e. The molecule has 1 N–H and O–H groups in total. The van der Waals surface area contributed by atoms with Gasteiger partial charge in [-0.05, 0) is 62.1 Å². The van der Waals surface area contributed by atoms with Gasteiger partial charge in [0.1, 0.15) is 5.75 Å². The Bertz CT molecular complexity index is 727. The van der Waals surface area contributed by atoms with E-state index in [1.54, 1.807) is 0 Å². The molecule has 2 aromatic rings. The van der Waals surface area contributed by atoms with Crippen molar-refractivity contribution in [3.8, 4) is 5.75 Å². The zero-order valence-corrected chi connectivity index (χ0v) is 15.7. The van der Waals surface area contributed by atoms with Gasteiger partial charge in [-0.15, -0.1) is 0 Å². The van der Waals surface area contributed by atoms with Crippen LogP contribution in [0, 0.1) is 5.92 Å². The number of ether oxygens (including phenoxy) is 1. The molecule has 1 atom stereocenters. The van der Waals surface area contributed by atoms with Gasteiger partial charge in [0.05, 0.1) is 12.3 Å². The highest BCUT2D eigenvalue weighted by molar-refractivity contribution is 6.05. The van der Waals surface area contributed by atoms with E-state index in [4.69, 9.17) is 4.74 Å². The van der Waals surface area contributed by atoms with E-state index < -0.39 is 0 Å². The van der Waals surface area contributed by atoms with Crippen LogP contribution in [0.25, 0.3) is 0 Å². The number of nitrogens with one attached hydrogen (secondary N) is 1. The van der Waals surface area contributed by atoms with Crippen LogP contribution in [0.3, 0.4) is 0 Å². The quantitative estimate of drug-likeness (QED) is 0.828. The molecule has 1 heterocycles.